The molecule has 0 bridgehead atoms. The molecular weight excluding hydrogens is 270 g/mol. The highest BCUT2D eigenvalue weighted by atomic mass is 35.5. The third kappa shape index (κ3) is 3.03. The lowest BCUT2D eigenvalue weighted by Crippen LogP contribution is -2.49. The van der Waals surface area contributed by atoms with Gasteiger partial charge in [-0.2, -0.15) is 0 Å². The van der Waals surface area contributed by atoms with Crippen molar-refractivity contribution in [2.24, 2.45) is 11.1 Å². The average molecular weight is 296 g/mol. The van der Waals surface area contributed by atoms with E-state index in [1.807, 2.05) is 31.2 Å². The summed E-state index contributed by atoms with van der Waals surface area (Å²) in [5, 5.41) is 11.9. The lowest BCUT2D eigenvalue weighted by Gasteiger charge is -2.46. The highest BCUT2D eigenvalue weighted by Gasteiger charge is 2.46. The summed E-state index contributed by atoms with van der Waals surface area (Å²) in [5.41, 5.74) is 5.85. The molecule has 0 heterocycles. The van der Waals surface area contributed by atoms with Gasteiger partial charge in [-0.15, -0.1) is 0 Å². The van der Waals surface area contributed by atoms with Crippen LogP contribution >= 0.6 is 11.6 Å². The van der Waals surface area contributed by atoms with Gasteiger partial charge in [0.15, 0.2) is 0 Å². The zero-order valence-corrected chi connectivity index (χ0v) is 13.1. The molecule has 2 nitrogen and oxygen atoms in total. The Hall–Kier alpha value is -0.570. The van der Waals surface area contributed by atoms with Crippen LogP contribution in [-0.2, 0) is 5.60 Å². The molecule has 0 amide bonds. The van der Waals surface area contributed by atoms with Crippen molar-refractivity contribution >= 4 is 11.6 Å². The number of hydrogen-bond donors (Lipinski definition) is 2. The molecule has 1 unspecified atom stereocenters. The number of aliphatic hydroxyl groups is 1. The number of nitrogens with two attached hydrogens (primary N) is 1. The van der Waals surface area contributed by atoms with E-state index in [-0.39, 0.29) is 5.41 Å². The van der Waals surface area contributed by atoms with Gasteiger partial charge in [-0.25, -0.2) is 0 Å². The molecular formula is C17H26ClNO. The summed E-state index contributed by atoms with van der Waals surface area (Å²) < 4.78 is 0. The summed E-state index contributed by atoms with van der Waals surface area (Å²) in [6, 6.07) is 7.58. The molecule has 1 aliphatic carbocycles. The van der Waals surface area contributed by atoms with Crippen LogP contribution in [0.2, 0.25) is 5.02 Å². The minimum Gasteiger partial charge on any atom is -0.385 e. The molecule has 0 aromatic heterocycles. The second-order valence-corrected chi connectivity index (χ2v) is 6.77. The second-order valence-electron chi connectivity index (χ2n) is 6.33. The van der Waals surface area contributed by atoms with Crippen molar-refractivity contribution in [3.05, 3.63) is 34.9 Å². The Balaban J connectivity index is 2.36. The summed E-state index contributed by atoms with van der Waals surface area (Å²) in [6.07, 6.45) is 8.06. The van der Waals surface area contributed by atoms with Crippen molar-refractivity contribution in [2.45, 2.75) is 57.5 Å². The highest BCUT2D eigenvalue weighted by molar-refractivity contribution is 6.30. The molecule has 3 N–H and O–H groups in total. The van der Waals surface area contributed by atoms with E-state index < -0.39 is 5.60 Å². The van der Waals surface area contributed by atoms with Gasteiger partial charge in [-0.05, 0) is 37.5 Å². The summed E-state index contributed by atoms with van der Waals surface area (Å²) in [4.78, 5) is 0. The van der Waals surface area contributed by atoms with Gasteiger partial charge in [-0.1, -0.05) is 55.8 Å². The highest BCUT2D eigenvalue weighted by Crippen LogP contribution is 2.48. The molecule has 1 aromatic rings. The van der Waals surface area contributed by atoms with E-state index in [0.717, 1.165) is 31.2 Å². The summed E-state index contributed by atoms with van der Waals surface area (Å²) >= 11 is 6.09. The molecule has 0 aliphatic heterocycles. The molecule has 1 fully saturated rings. The van der Waals surface area contributed by atoms with Gasteiger partial charge in [0.1, 0.15) is 0 Å². The third-order valence-corrected chi connectivity index (χ3v) is 5.36. The molecule has 1 saturated carbocycles. The van der Waals surface area contributed by atoms with E-state index in [1.54, 1.807) is 0 Å². The van der Waals surface area contributed by atoms with Gasteiger partial charge < -0.3 is 10.8 Å². The van der Waals surface area contributed by atoms with Crippen molar-refractivity contribution in [3.63, 3.8) is 0 Å². The van der Waals surface area contributed by atoms with Crippen LogP contribution in [0.1, 0.15) is 57.4 Å². The minimum atomic E-state index is -0.927. The Morgan fingerprint density at radius 1 is 1.20 bits per heavy atom. The fraction of sp³-hybridized carbons (Fsp3) is 0.647. The first-order valence-corrected chi connectivity index (χ1v) is 8.08. The zero-order chi connectivity index (χ0) is 14.6. The Morgan fingerprint density at radius 2 is 1.80 bits per heavy atom. The molecule has 1 atom stereocenters. The van der Waals surface area contributed by atoms with Crippen LogP contribution in [0, 0.1) is 5.41 Å². The van der Waals surface area contributed by atoms with Crippen molar-refractivity contribution in [3.8, 4) is 0 Å². The second kappa shape index (κ2) is 6.46. The van der Waals surface area contributed by atoms with Crippen molar-refractivity contribution in [1.82, 2.24) is 0 Å². The lowest BCUT2D eigenvalue weighted by molar-refractivity contribution is -0.0864. The Labute approximate surface area is 127 Å². The number of benzene rings is 1. The molecule has 112 valence electrons. The first-order chi connectivity index (χ1) is 9.52. The zero-order valence-electron chi connectivity index (χ0n) is 12.4. The number of hydrogen-bond acceptors (Lipinski definition) is 2. The van der Waals surface area contributed by atoms with E-state index in [1.165, 1.54) is 19.3 Å². The predicted molar refractivity (Wildman–Crippen MR) is 84.8 cm³/mol. The monoisotopic (exact) mass is 295 g/mol. The molecule has 1 aromatic carbocycles. The van der Waals surface area contributed by atoms with Crippen LogP contribution in [0.25, 0.3) is 0 Å². The van der Waals surface area contributed by atoms with E-state index in [2.05, 4.69) is 0 Å². The van der Waals surface area contributed by atoms with E-state index >= 15 is 0 Å². The van der Waals surface area contributed by atoms with E-state index in [4.69, 9.17) is 17.3 Å². The predicted octanol–water partition coefficient (Wildman–Crippen LogP) is 4.24. The fourth-order valence-corrected chi connectivity index (χ4v) is 3.76. The average Bonchev–Trinajstić information content (AvgIpc) is 2.39. The Bertz CT molecular complexity index is 436. The van der Waals surface area contributed by atoms with Gasteiger partial charge in [0.25, 0.3) is 0 Å². The summed E-state index contributed by atoms with van der Waals surface area (Å²) in [6.45, 7) is 2.43. The molecule has 2 rings (SSSR count). The van der Waals surface area contributed by atoms with Crippen LogP contribution in [-0.4, -0.2) is 11.7 Å². The summed E-state index contributed by atoms with van der Waals surface area (Å²) in [7, 11) is 0. The van der Waals surface area contributed by atoms with Gasteiger partial charge in [0.05, 0.1) is 5.60 Å². The van der Waals surface area contributed by atoms with Crippen molar-refractivity contribution in [1.29, 1.82) is 0 Å². The van der Waals surface area contributed by atoms with Gasteiger partial charge >= 0.3 is 0 Å². The van der Waals surface area contributed by atoms with Gasteiger partial charge in [0.2, 0.25) is 0 Å². The van der Waals surface area contributed by atoms with Crippen molar-refractivity contribution < 1.29 is 5.11 Å². The molecule has 0 spiro atoms. The maximum Gasteiger partial charge on any atom is 0.0937 e. The number of rotatable bonds is 3. The molecule has 1 aliphatic rings. The maximum absolute atomic E-state index is 11.3. The minimum absolute atomic E-state index is 0.238. The topological polar surface area (TPSA) is 46.2 Å². The van der Waals surface area contributed by atoms with Gasteiger partial charge in [0, 0.05) is 17.0 Å². The van der Waals surface area contributed by atoms with Crippen molar-refractivity contribution in [2.75, 3.05) is 6.54 Å². The van der Waals surface area contributed by atoms with Crippen LogP contribution in [0.5, 0.6) is 0 Å². The lowest BCUT2D eigenvalue weighted by atomic mass is 9.63. The maximum atomic E-state index is 11.3. The first kappa shape index (κ1) is 15.8. The SMILES string of the molecule is CC(O)(c1cccc(Cl)c1)C1(CN)CCCCCCC1. The first-order valence-electron chi connectivity index (χ1n) is 7.70. The van der Waals surface area contributed by atoms with Crippen LogP contribution in [0.4, 0.5) is 0 Å². The third-order valence-electron chi connectivity index (χ3n) is 5.12. The Kier molecular flexibility index (Phi) is 5.11. The fourth-order valence-electron chi connectivity index (χ4n) is 3.57. The standard InChI is InChI=1S/C17H26ClNO/c1-16(20,14-8-7-9-15(18)12-14)17(13-19)10-5-3-2-4-6-11-17/h7-9,12,20H,2-6,10-11,13,19H2,1H3. The van der Waals surface area contributed by atoms with E-state index in [0.29, 0.717) is 11.6 Å². The van der Waals surface area contributed by atoms with Crippen LogP contribution in [0.15, 0.2) is 24.3 Å². The van der Waals surface area contributed by atoms with Crippen LogP contribution < -0.4 is 5.73 Å². The van der Waals surface area contributed by atoms with Gasteiger partial charge in [-0.3, -0.25) is 0 Å². The number of halogens is 1. The molecule has 0 saturated heterocycles. The molecule has 3 heteroatoms. The normalized spacial score (nSPS) is 22.6. The van der Waals surface area contributed by atoms with E-state index in [9.17, 15) is 5.11 Å². The largest absolute Gasteiger partial charge is 0.385 e. The quantitative estimate of drug-likeness (QED) is 0.876. The summed E-state index contributed by atoms with van der Waals surface area (Å²) in [5.74, 6) is 0. The molecule has 20 heavy (non-hydrogen) atoms. The smallest absolute Gasteiger partial charge is 0.0937 e. The molecule has 0 radical (unpaired) electrons. The van der Waals surface area contributed by atoms with Crippen LogP contribution in [0.3, 0.4) is 0 Å². The Morgan fingerprint density at radius 3 is 2.35 bits per heavy atom.